The van der Waals surface area contributed by atoms with Gasteiger partial charge >= 0.3 is 11.9 Å². The van der Waals surface area contributed by atoms with Crippen LogP contribution in [0.4, 0.5) is 0 Å². The van der Waals surface area contributed by atoms with Crippen molar-refractivity contribution in [2.24, 2.45) is 0 Å². The van der Waals surface area contributed by atoms with Crippen LogP contribution in [-0.2, 0) is 38.2 Å². The summed E-state index contributed by atoms with van der Waals surface area (Å²) >= 11 is 0. The van der Waals surface area contributed by atoms with Gasteiger partial charge in [-0.05, 0) is 0 Å². The molecule has 2 heterocycles. The summed E-state index contributed by atoms with van der Waals surface area (Å²) in [6, 6.07) is 17.1. The molecule has 40 heavy (non-hydrogen) atoms. The second-order valence-electron chi connectivity index (χ2n) is 9.48. The molecule has 2 atom stereocenters. The fraction of sp³-hybridized carbons (Fsp3) is 0.357. The number of esters is 2. The lowest BCUT2D eigenvalue weighted by molar-refractivity contribution is -0.178. The number of piperazine rings is 2. The van der Waals surface area contributed by atoms with Gasteiger partial charge in [-0.2, -0.15) is 0 Å². The molecule has 4 amide bonds. The van der Waals surface area contributed by atoms with E-state index in [1.807, 2.05) is 0 Å². The molecule has 0 radical (unpaired) electrons. The lowest BCUT2D eigenvalue weighted by Gasteiger charge is -2.39. The third-order valence-corrected chi connectivity index (χ3v) is 6.44. The fourth-order valence-corrected chi connectivity index (χ4v) is 4.67. The number of hydrogen-bond donors (Lipinski definition) is 0. The third kappa shape index (κ3) is 6.77. The Balaban J connectivity index is 1.37. The Labute approximate surface area is 231 Å². The Morgan fingerprint density at radius 1 is 0.600 bits per heavy atom. The zero-order valence-corrected chi connectivity index (χ0v) is 22.2. The van der Waals surface area contributed by atoms with Gasteiger partial charge in [0.1, 0.15) is 0 Å². The zero-order valence-electron chi connectivity index (χ0n) is 22.2. The quantitative estimate of drug-likeness (QED) is 0.327. The maximum atomic E-state index is 13.0. The second kappa shape index (κ2) is 12.6. The van der Waals surface area contributed by atoms with Crippen molar-refractivity contribution in [1.29, 1.82) is 0 Å². The average molecular weight is 551 g/mol. The highest BCUT2D eigenvalue weighted by Crippen LogP contribution is 2.27. The summed E-state index contributed by atoms with van der Waals surface area (Å²) in [5.74, 6) is -3.39. The van der Waals surface area contributed by atoms with Crippen molar-refractivity contribution in [2.45, 2.75) is 26.3 Å². The molecule has 12 heteroatoms. The molecule has 0 saturated carbocycles. The van der Waals surface area contributed by atoms with Gasteiger partial charge in [0, 0.05) is 38.1 Å². The maximum absolute atomic E-state index is 13.0. The van der Waals surface area contributed by atoms with Crippen LogP contribution in [0.1, 0.15) is 37.4 Å². The lowest BCUT2D eigenvalue weighted by atomic mass is 10.1. The van der Waals surface area contributed by atoms with E-state index in [9.17, 15) is 28.8 Å². The topological polar surface area (TPSA) is 134 Å². The molecule has 0 N–H and O–H groups in total. The van der Waals surface area contributed by atoms with E-state index in [-0.39, 0.29) is 39.3 Å². The first-order valence-electron chi connectivity index (χ1n) is 12.7. The van der Waals surface area contributed by atoms with E-state index in [2.05, 4.69) is 0 Å². The molecule has 210 valence electrons. The summed E-state index contributed by atoms with van der Waals surface area (Å²) in [4.78, 5) is 80.6. The lowest BCUT2D eigenvalue weighted by Crippen LogP contribution is -2.58. The molecule has 2 aliphatic heterocycles. The number of hydrogen-bond acceptors (Lipinski definition) is 10. The van der Waals surface area contributed by atoms with Gasteiger partial charge in [-0.15, -0.1) is 0 Å². The second-order valence-corrected chi connectivity index (χ2v) is 9.48. The molecule has 2 saturated heterocycles. The van der Waals surface area contributed by atoms with E-state index in [0.29, 0.717) is 11.1 Å². The molecule has 2 aromatic rings. The van der Waals surface area contributed by atoms with Crippen molar-refractivity contribution in [3.8, 4) is 0 Å². The monoisotopic (exact) mass is 550 g/mol. The number of carbonyl (C=O) groups excluding carboxylic acids is 6. The molecule has 0 bridgehead atoms. The van der Waals surface area contributed by atoms with E-state index in [1.165, 1.54) is 13.8 Å². The van der Waals surface area contributed by atoms with Crippen molar-refractivity contribution < 1.29 is 38.2 Å². The average Bonchev–Trinajstić information content (AvgIpc) is 2.90. The molecule has 0 aliphatic carbocycles. The van der Waals surface area contributed by atoms with Crippen LogP contribution in [0, 0.1) is 0 Å². The van der Waals surface area contributed by atoms with Gasteiger partial charge in [-0.3, -0.25) is 38.6 Å². The largest absolute Gasteiger partial charge is 0.437 e. The molecule has 0 spiro atoms. The van der Waals surface area contributed by atoms with E-state index in [4.69, 9.17) is 9.47 Å². The Morgan fingerprint density at radius 2 is 0.900 bits per heavy atom. The summed E-state index contributed by atoms with van der Waals surface area (Å²) in [5.41, 5.74) is 0.982. The van der Waals surface area contributed by atoms with Crippen molar-refractivity contribution in [3.05, 3.63) is 71.8 Å². The molecule has 12 nitrogen and oxygen atoms in total. The maximum Gasteiger partial charge on any atom is 0.304 e. The van der Waals surface area contributed by atoms with Gasteiger partial charge in [0.15, 0.2) is 0 Å². The predicted molar refractivity (Wildman–Crippen MR) is 138 cm³/mol. The van der Waals surface area contributed by atoms with Crippen LogP contribution in [0.15, 0.2) is 60.7 Å². The fourth-order valence-electron chi connectivity index (χ4n) is 4.67. The van der Waals surface area contributed by atoms with E-state index in [1.54, 1.807) is 70.5 Å². The molecule has 2 fully saturated rings. The summed E-state index contributed by atoms with van der Waals surface area (Å²) in [5, 5.41) is 0. The highest BCUT2D eigenvalue weighted by atomic mass is 16.6. The van der Waals surface area contributed by atoms with E-state index < -0.39 is 48.0 Å². The van der Waals surface area contributed by atoms with Crippen LogP contribution >= 0.6 is 0 Å². The minimum Gasteiger partial charge on any atom is -0.437 e. The third-order valence-electron chi connectivity index (χ3n) is 6.44. The van der Waals surface area contributed by atoms with Crippen molar-refractivity contribution in [1.82, 2.24) is 19.6 Å². The summed E-state index contributed by atoms with van der Waals surface area (Å²) in [6.45, 7) is 2.45. The first-order valence-corrected chi connectivity index (χ1v) is 12.7. The van der Waals surface area contributed by atoms with Gasteiger partial charge in [0.05, 0.1) is 26.2 Å². The Hall–Kier alpha value is -4.42. The molecular formula is C28H30N4O8. The number of amides is 4. The molecule has 0 aromatic heterocycles. The Morgan fingerprint density at radius 3 is 1.18 bits per heavy atom. The minimum atomic E-state index is -1.17. The molecular weight excluding hydrogens is 520 g/mol. The van der Waals surface area contributed by atoms with E-state index in [0.717, 1.165) is 9.80 Å². The normalized spacial score (nSPS) is 18.4. The first-order chi connectivity index (χ1) is 19.1. The first kappa shape index (κ1) is 28.6. The number of ether oxygens (including phenoxy) is 2. The van der Waals surface area contributed by atoms with Crippen LogP contribution in [0.3, 0.4) is 0 Å². The highest BCUT2D eigenvalue weighted by Gasteiger charge is 2.40. The van der Waals surface area contributed by atoms with Crippen molar-refractivity contribution >= 4 is 35.6 Å². The van der Waals surface area contributed by atoms with Gasteiger partial charge in [-0.1, -0.05) is 60.7 Å². The van der Waals surface area contributed by atoms with Gasteiger partial charge in [0.2, 0.25) is 36.1 Å². The van der Waals surface area contributed by atoms with Crippen LogP contribution in [0.5, 0.6) is 0 Å². The van der Waals surface area contributed by atoms with Crippen molar-refractivity contribution in [2.75, 3.05) is 39.3 Å². The number of imide groups is 2. The number of rotatable bonds is 9. The number of carbonyl (C=O) groups is 6. The van der Waals surface area contributed by atoms with Crippen molar-refractivity contribution in [3.63, 3.8) is 0 Å². The smallest absolute Gasteiger partial charge is 0.304 e. The van der Waals surface area contributed by atoms with Gasteiger partial charge < -0.3 is 9.47 Å². The van der Waals surface area contributed by atoms with E-state index >= 15 is 0 Å². The number of benzene rings is 2. The van der Waals surface area contributed by atoms with Gasteiger partial charge in [-0.25, -0.2) is 9.80 Å². The minimum absolute atomic E-state index is 0.110. The van der Waals surface area contributed by atoms with Crippen LogP contribution in [-0.4, -0.2) is 94.4 Å². The Kier molecular flexibility index (Phi) is 9.02. The molecule has 2 aliphatic rings. The predicted octanol–water partition coefficient (Wildman–Crippen LogP) is 0.852. The molecule has 2 unspecified atom stereocenters. The summed E-state index contributed by atoms with van der Waals surface area (Å²) in [6.07, 6.45) is -2.34. The number of nitrogens with zero attached hydrogens (tertiary/aromatic N) is 4. The van der Waals surface area contributed by atoms with Crippen LogP contribution in [0.25, 0.3) is 0 Å². The van der Waals surface area contributed by atoms with Crippen LogP contribution < -0.4 is 0 Å². The SMILES string of the molecule is CC(=O)OC(c1ccccc1)N1C(=O)CN(CCN2CC(=O)N(C(OC(C)=O)c3ccccc3)C(=O)C2)CC1=O. The highest BCUT2D eigenvalue weighted by molar-refractivity contribution is 6.00. The summed E-state index contributed by atoms with van der Waals surface area (Å²) in [7, 11) is 0. The zero-order chi connectivity index (χ0) is 28.8. The molecule has 4 rings (SSSR count). The van der Waals surface area contributed by atoms with Gasteiger partial charge in [0.25, 0.3) is 0 Å². The Bertz CT molecular complexity index is 1150. The standard InChI is InChI=1S/C28H30N4O8/c1-19(33)39-27(21-9-5-3-6-10-21)31-23(35)15-29(16-24(31)36)13-14-30-17-25(37)32(26(38)18-30)28(40-20(2)34)22-11-7-4-8-12-22/h3-12,27-28H,13-18H2,1-2H3. The molecule has 2 aromatic carbocycles. The summed E-state index contributed by atoms with van der Waals surface area (Å²) < 4.78 is 10.6. The van der Waals surface area contributed by atoms with Crippen LogP contribution in [0.2, 0.25) is 0 Å².